The predicted molar refractivity (Wildman–Crippen MR) is 121 cm³/mol. The number of hydrogen-bond acceptors (Lipinski definition) is 6. The van der Waals surface area contributed by atoms with Gasteiger partial charge in [0.25, 0.3) is 0 Å². The van der Waals surface area contributed by atoms with Crippen molar-refractivity contribution < 1.29 is 9.53 Å². The number of pyridine rings is 3. The van der Waals surface area contributed by atoms with E-state index in [4.69, 9.17) is 9.72 Å². The molecule has 0 atom stereocenters. The first-order valence-electron chi connectivity index (χ1n) is 10.7. The van der Waals surface area contributed by atoms with E-state index in [1.165, 1.54) is 0 Å². The number of hydrogen-bond donors (Lipinski definition) is 0. The summed E-state index contributed by atoms with van der Waals surface area (Å²) in [6, 6.07) is 8.02. The summed E-state index contributed by atoms with van der Waals surface area (Å²) in [5, 5.41) is 2.13. The second-order valence-electron chi connectivity index (χ2n) is 8.96. The van der Waals surface area contributed by atoms with Crippen LogP contribution < -0.4 is 4.90 Å². The molecule has 1 aliphatic rings. The Morgan fingerprint density at radius 1 is 1.06 bits per heavy atom. The van der Waals surface area contributed by atoms with Gasteiger partial charge in [0.15, 0.2) is 0 Å². The van der Waals surface area contributed by atoms with Crippen LogP contribution in [0.1, 0.15) is 33.6 Å². The van der Waals surface area contributed by atoms with E-state index < -0.39 is 5.60 Å². The number of amides is 1. The fraction of sp³-hybridized carbons (Fsp3) is 0.417. The third-order valence-corrected chi connectivity index (χ3v) is 5.48. The molecule has 1 amide bonds. The smallest absolute Gasteiger partial charge is 0.410 e. The second-order valence-corrected chi connectivity index (χ2v) is 8.96. The molecule has 3 aromatic rings. The van der Waals surface area contributed by atoms with Crippen molar-refractivity contribution in [3.8, 4) is 0 Å². The van der Waals surface area contributed by atoms with Crippen molar-refractivity contribution in [2.75, 3.05) is 24.5 Å². The number of piperidine rings is 1. The zero-order chi connectivity index (χ0) is 21.8. The Kier molecular flexibility index (Phi) is 6.02. The first-order chi connectivity index (χ1) is 14.9. The summed E-state index contributed by atoms with van der Waals surface area (Å²) in [5.41, 5.74) is 0.586. The number of anilines is 2. The lowest BCUT2D eigenvalue weighted by atomic mass is 9.96. The van der Waals surface area contributed by atoms with Crippen molar-refractivity contribution >= 4 is 28.4 Å². The van der Waals surface area contributed by atoms with E-state index in [1.807, 2.05) is 62.3 Å². The van der Waals surface area contributed by atoms with Crippen LogP contribution in [0.3, 0.4) is 0 Å². The van der Waals surface area contributed by atoms with Crippen LogP contribution in [0.15, 0.2) is 55.2 Å². The van der Waals surface area contributed by atoms with Gasteiger partial charge < -0.3 is 14.5 Å². The van der Waals surface area contributed by atoms with Crippen LogP contribution in [0.2, 0.25) is 0 Å². The highest BCUT2D eigenvalue weighted by Gasteiger charge is 2.28. The van der Waals surface area contributed by atoms with E-state index in [9.17, 15) is 4.79 Å². The average molecular weight is 420 g/mol. The Hall–Kier alpha value is -3.22. The highest BCUT2D eigenvalue weighted by Crippen LogP contribution is 2.32. The quantitative estimate of drug-likeness (QED) is 0.604. The Balaban J connectivity index is 1.53. The van der Waals surface area contributed by atoms with Crippen molar-refractivity contribution in [3.05, 3.63) is 55.2 Å². The van der Waals surface area contributed by atoms with Gasteiger partial charge >= 0.3 is 6.09 Å². The number of nitrogens with zero attached hydrogens (tertiary/aromatic N) is 5. The Bertz CT molecular complexity index is 1020. The van der Waals surface area contributed by atoms with Crippen LogP contribution in [0.25, 0.3) is 10.8 Å². The zero-order valence-electron chi connectivity index (χ0n) is 18.4. The van der Waals surface area contributed by atoms with Crippen molar-refractivity contribution in [2.45, 2.75) is 39.2 Å². The number of fused-ring (bicyclic) bond motifs is 1. The number of rotatable bonds is 4. The Morgan fingerprint density at radius 3 is 2.48 bits per heavy atom. The minimum absolute atomic E-state index is 0.222. The van der Waals surface area contributed by atoms with Crippen molar-refractivity contribution in [1.29, 1.82) is 0 Å². The summed E-state index contributed by atoms with van der Waals surface area (Å²) in [7, 11) is 0. The summed E-state index contributed by atoms with van der Waals surface area (Å²) in [5.74, 6) is 1.35. The van der Waals surface area contributed by atoms with Gasteiger partial charge in [-0.2, -0.15) is 0 Å². The number of carbonyl (C=O) groups excluding carboxylic acids is 1. The molecule has 1 saturated heterocycles. The third-order valence-electron chi connectivity index (χ3n) is 5.48. The fourth-order valence-electron chi connectivity index (χ4n) is 3.94. The van der Waals surface area contributed by atoms with E-state index in [0.29, 0.717) is 19.0 Å². The van der Waals surface area contributed by atoms with Gasteiger partial charge in [0, 0.05) is 67.1 Å². The maximum atomic E-state index is 12.4. The first-order valence-corrected chi connectivity index (χ1v) is 10.7. The molecule has 0 N–H and O–H groups in total. The number of likely N-dealkylation sites (tertiary alicyclic amines) is 1. The van der Waals surface area contributed by atoms with Gasteiger partial charge in [-0.1, -0.05) is 0 Å². The predicted octanol–water partition coefficient (Wildman–Crippen LogP) is 4.81. The normalized spacial score (nSPS) is 15.1. The standard InChI is InChI=1S/C24H29N5O2/c1-24(2,3)31-23(30)28-14-8-18(9-15-28)17-29(20-5-10-25-11-6-20)22-21-7-12-26-16-19(21)4-13-27-22/h4-7,10-13,16,18H,8-9,14-15,17H2,1-3H3. The molecule has 4 rings (SSSR count). The van der Waals surface area contributed by atoms with Gasteiger partial charge in [-0.3, -0.25) is 9.97 Å². The minimum Gasteiger partial charge on any atom is -0.444 e. The molecule has 0 aromatic carbocycles. The van der Waals surface area contributed by atoms with Crippen molar-refractivity contribution in [3.63, 3.8) is 0 Å². The van der Waals surface area contributed by atoms with Crippen LogP contribution in [0.5, 0.6) is 0 Å². The zero-order valence-corrected chi connectivity index (χ0v) is 18.4. The van der Waals surface area contributed by atoms with Crippen LogP contribution in [-0.4, -0.2) is 51.2 Å². The SMILES string of the molecule is CC(C)(C)OC(=O)N1CCC(CN(c2ccncc2)c2nccc3cnccc23)CC1. The fourth-order valence-corrected chi connectivity index (χ4v) is 3.94. The maximum absolute atomic E-state index is 12.4. The molecule has 0 unspecified atom stereocenters. The molecular formula is C24H29N5O2. The van der Waals surface area contributed by atoms with E-state index in [2.05, 4.69) is 14.9 Å². The average Bonchev–Trinajstić information content (AvgIpc) is 2.77. The van der Waals surface area contributed by atoms with Crippen LogP contribution in [0, 0.1) is 5.92 Å². The molecule has 0 saturated carbocycles. The monoisotopic (exact) mass is 419 g/mol. The van der Waals surface area contributed by atoms with E-state index in [0.717, 1.165) is 41.7 Å². The summed E-state index contributed by atoms with van der Waals surface area (Å²) in [6.07, 6.45) is 10.7. The molecule has 0 spiro atoms. The lowest BCUT2D eigenvalue weighted by Gasteiger charge is -2.36. The molecule has 1 fully saturated rings. The molecule has 0 aliphatic carbocycles. The molecular weight excluding hydrogens is 390 g/mol. The van der Waals surface area contributed by atoms with Crippen molar-refractivity contribution in [1.82, 2.24) is 19.9 Å². The van der Waals surface area contributed by atoms with Crippen LogP contribution in [0.4, 0.5) is 16.3 Å². The molecule has 31 heavy (non-hydrogen) atoms. The Labute approximate surface area is 183 Å². The van der Waals surface area contributed by atoms with E-state index in [-0.39, 0.29) is 6.09 Å². The highest BCUT2D eigenvalue weighted by atomic mass is 16.6. The van der Waals surface area contributed by atoms with Crippen LogP contribution in [-0.2, 0) is 4.74 Å². The largest absolute Gasteiger partial charge is 0.444 e. The molecule has 7 nitrogen and oxygen atoms in total. The van der Waals surface area contributed by atoms with Gasteiger partial charge in [0.05, 0.1) is 0 Å². The summed E-state index contributed by atoms with van der Waals surface area (Å²) in [6.45, 7) is 7.93. The Morgan fingerprint density at radius 2 is 1.77 bits per heavy atom. The molecule has 1 aliphatic heterocycles. The minimum atomic E-state index is -0.471. The number of ether oxygens (including phenoxy) is 1. The van der Waals surface area contributed by atoms with Crippen molar-refractivity contribution in [2.24, 2.45) is 5.92 Å². The summed E-state index contributed by atoms with van der Waals surface area (Å²) < 4.78 is 5.53. The molecule has 162 valence electrons. The topological polar surface area (TPSA) is 71.5 Å². The lowest BCUT2D eigenvalue weighted by Crippen LogP contribution is -2.43. The summed E-state index contributed by atoms with van der Waals surface area (Å²) >= 11 is 0. The highest BCUT2D eigenvalue weighted by molar-refractivity contribution is 5.93. The van der Waals surface area contributed by atoms with Gasteiger partial charge in [0.1, 0.15) is 11.4 Å². The molecule has 4 heterocycles. The second kappa shape index (κ2) is 8.88. The molecule has 3 aromatic heterocycles. The molecule has 0 radical (unpaired) electrons. The number of aromatic nitrogens is 3. The van der Waals surface area contributed by atoms with Gasteiger partial charge in [-0.25, -0.2) is 9.78 Å². The molecule has 7 heteroatoms. The van der Waals surface area contributed by atoms with Gasteiger partial charge in [0.2, 0.25) is 0 Å². The van der Waals surface area contributed by atoms with Gasteiger partial charge in [-0.15, -0.1) is 0 Å². The maximum Gasteiger partial charge on any atom is 0.410 e. The van der Waals surface area contributed by atoms with E-state index >= 15 is 0 Å². The van der Waals surface area contributed by atoms with Gasteiger partial charge in [-0.05, 0) is 63.8 Å². The number of carbonyl (C=O) groups is 1. The van der Waals surface area contributed by atoms with Crippen LogP contribution >= 0.6 is 0 Å². The first kappa shape index (κ1) is 21.0. The molecule has 0 bridgehead atoms. The van der Waals surface area contributed by atoms with E-state index in [1.54, 1.807) is 18.6 Å². The lowest BCUT2D eigenvalue weighted by molar-refractivity contribution is 0.0187. The summed E-state index contributed by atoms with van der Waals surface area (Å²) in [4.78, 5) is 29.6. The third kappa shape index (κ3) is 5.10.